The molecule has 1 aliphatic rings. The Morgan fingerprint density at radius 1 is 1.32 bits per heavy atom. The number of sulfonamides is 1. The van der Waals surface area contributed by atoms with E-state index in [0.29, 0.717) is 24.5 Å². The largest absolute Gasteiger partial charge is 0.337 e. The summed E-state index contributed by atoms with van der Waals surface area (Å²) in [5, 5.41) is 0. The van der Waals surface area contributed by atoms with Crippen molar-refractivity contribution in [3.63, 3.8) is 0 Å². The van der Waals surface area contributed by atoms with Gasteiger partial charge in [-0.3, -0.25) is 4.79 Å². The van der Waals surface area contributed by atoms with Crippen molar-refractivity contribution in [3.8, 4) is 0 Å². The van der Waals surface area contributed by atoms with Crippen LogP contribution in [0.15, 0.2) is 41.6 Å². The molecule has 1 aromatic heterocycles. The zero-order valence-corrected chi connectivity index (χ0v) is 15.5. The first-order chi connectivity index (χ1) is 12.0. The lowest BCUT2D eigenvalue weighted by molar-refractivity contribution is 0.0772. The molecule has 134 valence electrons. The summed E-state index contributed by atoms with van der Waals surface area (Å²) in [6.45, 7) is 1.48. The molecule has 7 nitrogen and oxygen atoms in total. The number of amides is 1. The molecular weight excluding hydrogens is 360 g/mol. The predicted molar refractivity (Wildman–Crippen MR) is 96.9 cm³/mol. The average Bonchev–Trinajstić information content (AvgIpc) is 3.05. The number of carbonyl (C=O) groups excluding carboxylic acids is 1. The van der Waals surface area contributed by atoms with Gasteiger partial charge in [0.15, 0.2) is 0 Å². The molecule has 1 amide bonds. The number of thioether (sulfide) groups is 1. The lowest BCUT2D eigenvalue weighted by atomic mass is 10.2. The van der Waals surface area contributed by atoms with E-state index in [2.05, 4.69) is 9.71 Å². The van der Waals surface area contributed by atoms with E-state index in [-0.39, 0.29) is 17.3 Å². The van der Waals surface area contributed by atoms with Crippen LogP contribution in [0.4, 0.5) is 0 Å². The summed E-state index contributed by atoms with van der Waals surface area (Å²) in [5.74, 6) is 2.31. The maximum atomic E-state index is 12.6. The summed E-state index contributed by atoms with van der Waals surface area (Å²) in [5.41, 5.74) is 0.395. The number of hydrogen-bond donors (Lipinski definition) is 1. The lowest BCUT2D eigenvalue weighted by Gasteiger charge is -2.26. The minimum Gasteiger partial charge on any atom is -0.337 e. The van der Waals surface area contributed by atoms with Gasteiger partial charge in [0, 0.05) is 49.6 Å². The van der Waals surface area contributed by atoms with E-state index in [1.807, 2.05) is 11.8 Å². The zero-order valence-electron chi connectivity index (χ0n) is 13.9. The second-order valence-corrected chi connectivity index (χ2v) is 8.70. The molecule has 1 saturated heterocycles. The van der Waals surface area contributed by atoms with Gasteiger partial charge in [0.05, 0.1) is 11.4 Å². The molecule has 0 bridgehead atoms. The molecule has 1 aliphatic heterocycles. The van der Waals surface area contributed by atoms with E-state index >= 15 is 0 Å². The van der Waals surface area contributed by atoms with Gasteiger partial charge in [-0.15, -0.1) is 0 Å². The summed E-state index contributed by atoms with van der Waals surface area (Å²) in [6.07, 6.45) is 3.36. The predicted octanol–water partition coefficient (Wildman–Crippen LogP) is 1.09. The third-order valence-corrected chi connectivity index (χ3v) is 6.37. The van der Waals surface area contributed by atoms with Gasteiger partial charge in [-0.05, 0) is 18.2 Å². The third-order valence-electron chi connectivity index (χ3n) is 4.03. The Labute approximate surface area is 151 Å². The van der Waals surface area contributed by atoms with Gasteiger partial charge in [0.25, 0.3) is 5.91 Å². The minimum absolute atomic E-state index is 0.0824. The molecule has 0 atom stereocenters. The number of nitrogens with one attached hydrogen (secondary N) is 1. The number of rotatable bonds is 5. The van der Waals surface area contributed by atoms with Gasteiger partial charge >= 0.3 is 0 Å². The van der Waals surface area contributed by atoms with Crippen molar-refractivity contribution in [2.75, 3.05) is 24.6 Å². The summed E-state index contributed by atoms with van der Waals surface area (Å²) < 4.78 is 29.3. The van der Waals surface area contributed by atoms with Gasteiger partial charge in [-0.1, -0.05) is 6.07 Å². The fourth-order valence-corrected chi connectivity index (χ4v) is 4.48. The standard InChI is InChI=1S/C16H20N4O3S2/c1-19-6-5-17-15(19)12-18-25(22,23)14-4-2-3-13(11-14)16(21)20-7-9-24-10-8-20/h2-6,11,18H,7-10,12H2,1H3. The van der Waals surface area contributed by atoms with E-state index in [4.69, 9.17) is 0 Å². The van der Waals surface area contributed by atoms with Crippen LogP contribution in [0.5, 0.6) is 0 Å². The maximum absolute atomic E-state index is 12.6. The molecule has 0 saturated carbocycles. The Bertz CT molecular complexity index is 858. The van der Waals surface area contributed by atoms with E-state index in [1.165, 1.54) is 12.1 Å². The van der Waals surface area contributed by atoms with Crippen molar-refractivity contribution in [1.29, 1.82) is 0 Å². The Kier molecular flexibility index (Phi) is 5.45. The highest BCUT2D eigenvalue weighted by molar-refractivity contribution is 7.99. The SMILES string of the molecule is Cn1ccnc1CNS(=O)(=O)c1cccc(C(=O)N2CCSCC2)c1. The minimum atomic E-state index is -3.72. The first-order valence-corrected chi connectivity index (χ1v) is 10.5. The van der Waals surface area contributed by atoms with Crippen LogP contribution in [-0.4, -0.2) is 53.4 Å². The highest BCUT2D eigenvalue weighted by atomic mass is 32.2. The molecule has 25 heavy (non-hydrogen) atoms. The average molecular weight is 380 g/mol. The van der Waals surface area contributed by atoms with Crippen molar-refractivity contribution < 1.29 is 13.2 Å². The molecule has 1 fully saturated rings. The first-order valence-electron chi connectivity index (χ1n) is 7.90. The third kappa shape index (κ3) is 4.23. The smallest absolute Gasteiger partial charge is 0.253 e. The topological polar surface area (TPSA) is 84.3 Å². The van der Waals surface area contributed by atoms with Crippen LogP contribution in [0.3, 0.4) is 0 Å². The van der Waals surface area contributed by atoms with Gasteiger partial charge in [-0.2, -0.15) is 11.8 Å². The zero-order chi connectivity index (χ0) is 17.9. The van der Waals surface area contributed by atoms with E-state index < -0.39 is 10.0 Å². The van der Waals surface area contributed by atoms with Gasteiger partial charge in [0.1, 0.15) is 5.82 Å². The molecule has 0 aliphatic carbocycles. The van der Waals surface area contributed by atoms with Crippen molar-refractivity contribution in [3.05, 3.63) is 48.0 Å². The lowest BCUT2D eigenvalue weighted by Crippen LogP contribution is -2.38. The van der Waals surface area contributed by atoms with Gasteiger partial charge in [-0.25, -0.2) is 18.1 Å². The Hall–Kier alpha value is -1.84. The molecule has 3 rings (SSSR count). The number of benzene rings is 1. The van der Waals surface area contributed by atoms with Crippen molar-refractivity contribution in [2.24, 2.45) is 7.05 Å². The summed E-state index contributed by atoms with van der Waals surface area (Å²) in [7, 11) is -1.92. The van der Waals surface area contributed by atoms with Crippen LogP contribution in [0.1, 0.15) is 16.2 Å². The monoisotopic (exact) mass is 380 g/mol. The van der Waals surface area contributed by atoms with Crippen LogP contribution in [-0.2, 0) is 23.6 Å². The van der Waals surface area contributed by atoms with Crippen molar-refractivity contribution in [2.45, 2.75) is 11.4 Å². The van der Waals surface area contributed by atoms with Crippen molar-refractivity contribution in [1.82, 2.24) is 19.2 Å². The Morgan fingerprint density at radius 2 is 2.08 bits per heavy atom. The normalized spacial score (nSPS) is 15.3. The summed E-state index contributed by atoms with van der Waals surface area (Å²) in [4.78, 5) is 18.5. The maximum Gasteiger partial charge on any atom is 0.253 e. The first kappa shape index (κ1) is 18.0. The fourth-order valence-electron chi connectivity index (χ4n) is 2.56. The summed E-state index contributed by atoms with van der Waals surface area (Å²) >= 11 is 1.82. The van der Waals surface area contributed by atoms with Gasteiger partial charge in [0.2, 0.25) is 10.0 Å². The molecule has 9 heteroatoms. The molecule has 0 unspecified atom stereocenters. The molecule has 1 N–H and O–H groups in total. The number of carbonyl (C=O) groups is 1. The number of aromatic nitrogens is 2. The molecular formula is C16H20N4O3S2. The second-order valence-electron chi connectivity index (χ2n) is 5.71. The highest BCUT2D eigenvalue weighted by Gasteiger charge is 2.21. The van der Waals surface area contributed by atoms with Crippen LogP contribution in [0.25, 0.3) is 0 Å². The van der Waals surface area contributed by atoms with Crippen LogP contribution in [0, 0.1) is 0 Å². The number of aryl methyl sites for hydroxylation is 1. The number of imidazole rings is 1. The second kappa shape index (κ2) is 7.59. The Balaban J connectivity index is 1.75. The van der Waals surface area contributed by atoms with Crippen LogP contribution >= 0.6 is 11.8 Å². The molecule has 2 heterocycles. The Morgan fingerprint density at radius 3 is 2.76 bits per heavy atom. The van der Waals surface area contributed by atoms with E-state index in [1.54, 1.807) is 41.0 Å². The number of hydrogen-bond acceptors (Lipinski definition) is 5. The number of nitrogens with zero attached hydrogens (tertiary/aromatic N) is 3. The van der Waals surface area contributed by atoms with E-state index in [9.17, 15) is 13.2 Å². The van der Waals surface area contributed by atoms with Crippen LogP contribution < -0.4 is 4.72 Å². The summed E-state index contributed by atoms with van der Waals surface area (Å²) in [6, 6.07) is 6.18. The van der Waals surface area contributed by atoms with E-state index in [0.717, 1.165) is 11.5 Å². The van der Waals surface area contributed by atoms with Crippen molar-refractivity contribution >= 4 is 27.7 Å². The quantitative estimate of drug-likeness (QED) is 0.839. The molecule has 2 aromatic rings. The van der Waals surface area contributed by atoms with Crippen LogP contribution in [0.2, 0.25) is 0 Å². The van der Waals surface area contributed by atoms with Gasteiger partial charge < -0.3 is 9.47 Å². The highest BCUT2D eigenvalue weighted by Crippen LogP contribution is 2.16. The molecule has 0 radical (unpaired) electrons. The molecule has 0 spiro atoms. The fraction of sp³-hybridized carbons (Fsp3) is 0.375. The molecule has 1 aromatic carbocycles.